The topological polar surface area (TPSA) is 52.4 Å². The Hall–Kier alpha value is -2.50. The second kappa shape index (κ2) is 4.79. The van der Waals surface area contributed by atoms with Crippen LogP contribution < -0.4 is 4.74 Å². The minimum absolute atomic E-state index is 0.102. The van der Waals surface area contributed by atoms with Gasteiger partial charge < -0.3 is 4.74 Å². The van der Waals surface area contributed by atoms with Gasteiger partial charge in [0.15, 0.2) is 0 Å². The van der Waals surface area contributed by atoms with Gasteiger partial charge in [0.2, 0.25) is 5.82 Å². The maximum atomic E-state index is 13.3. The molecule has 0 bridgehead atoms. The predicted octanol–water partition coefficient (Wildman–Crippen LogP) is 3.67. The molecule has 2 rings (SSSR count). The Morgan fingerprint density at radius 1 is 1.00 bits per heavy atom. The minimum atomic E-state index is -0.986. The van der Waals surface area contributed by atoms with Gasteiger partial charge in [-0.2, -0.15) is 4.39 Å². The Balaban J connectivity index is 2.22. The Morgan fingerprint density at radius 2 is 1.61 bits per heavy atom. The first-order valence-corrected chi connectivity index (χ1v) is 4.93. The zero-order valence-electron chi connectivity index (χ0n) is 8.97. The van der Waals surface area contributed by atoms with Crippen LogP contribution in [0.5, 0.6) is 11.5 Å². The third-order valence-electron chi connectivity index (χ3n) is 2.17. The van der Waals surface area contributed by atoms with E-state index in [1.165, 1.54) is 30.3 Å². The third-order valence-corrected chi connectivity index (χ3v) is 2.17. The first-order valence-electron chi connectivity index (χ1n) is 4.93. The lowest BCUT2D eigenvalue weighted by Gasteiger charge is -2.05. The molecule has 0 fully saturated rings. The number of benzene rings is 2. The van der Waals surface area contributed by atoms with Crippen LogP contribution in [0.15, 0.2) is 42.5 Å². The van der Waals surface area contributed by atoms with Crippen LogP contribution in [-0.4, -0.2) is 4.92 Å². The summed E-state index contributed by atoms with van der Waals surface area (Å²) in [6.07, 6.45) is 0. The summed E-state index contributed by atoms with van der Waals surface area (Å²) in [6, 6.07) is 8.30. The zero-order valence-corrected chi connectivity index (χ0v) is 8.97. The number of ether oxygens (including phenoxy) is 1. The second-order valence-electron chi connectivity index (χ2n) is 3.43. The van der Waals surface area contributed by atoms with E-state index in [0.717, 1.165) is 12.1 Å². The molecule has 92 valence electrons. The van der Waals surface area contributed by atoms with Gasteiger partial charge in [0.25, 0.3) is 0 Å². The van der Waals surface area contributed by atoms with E-state index in [-0.39, 0.29) is 5.75 Å². The SMILES string of the molecule is O=[N+]([O-])c1ccc(Oc2ccc(F)cc2)cc1F. The van der Waals surface area contributed by atoms with Crippen LogP contribution in [0, 0.1) is 21.7 Å². The van der Waals surface area contributed by atoms with Crippen LogP contribution in [0.1, 0.15) is 0 Å². The standard InChI is InChI=1S/C12H7F2NO3/c13-8-1-3-9(4-2-8)18-10-5-6-12(15(16)17)11(14)7-10/h1-7H. The molecule has 2 aromatic rings. The first-order chi connectivity index (χ1) is 8.56. The molecule has 2 aromatic carbocycles. The molecule has 18 heavy (non-hydrogen) atoms. The fourth-order valence-electron chi connectivity index (χ4n) is 1.34. The highest BCUT2D eigenvalue weighted by molar-refractivity contribution is 5.40. The highest BCUT2D eigenvalue weighted by atomic mass is 19.1. The van der Waals surface area contributed by atoms with Crippen LogP contribution in [0.2, 0.25) is 0 Å². The number of nitro benzene ring substituents is 1. The summed E-state index contributed by atoms with van der Waals surface area (Å²) in [5, 5.41) is 10.4. The minimum Gasteiger partial charge on any atom is -0.457 e. The van der Waals surface area contributed by atoms with Gasteiger partial charge in [-0.25, -0.2) is 4.39 Å². The monoisotopic (exact) mass is 251 g/mol. The van der Waals surface area contributed by atoms with E-state index in [4.69, 9.17) is 4.74 Å². The number of halogens is 2. The average Bonchev–Trinajstić information content (AvgIpc) is 2.32. The van der Waals surface area contributed by atoms with Gasteiger partial charge in [0, 0.05) is 12.1 Å². The van der Waals surface area contributed by atoms with E-state index in [9.17, 15) is 18.9 Å². The van der Waals surface area contributed by atoms with Gasteiger partial charge >= 0.3 is 5.69 Å². The van der Waals surface area contributed by atoms with Gasteiger partial charge in [0.05, 0.1) is 4.92 Å². The van der Waals surface area contributed by atoms with Crippen molar-refractivity contribution < 1.29 is 18.4 Å². The van der Waals surface area contributed by atoms with Crippen molar-refractivity contribution in [3.63, 3.8) is 0 Å². The third kappa shape index (κ3) is 2.60. The molecule has 0 aliphatic rings. The second-order valence-corrected chi connectivity index (χ2v) is 3.43. The maximum Gasteiger partial charge on any atom is 0.305 e. The summed E-state index contributed by atoms with van der Waals surface area (Å²) in [6.45, 7) is 0. The van der Waals surface area contributed by atoms with Gasteiger partial charge in [0.1, 0.15) is 17.3 Å². The van der Waals surface area contributed by atoms with Crippen molar-refractivity contribution in [2.75, 3.05) is 0 Å². The Morgan fingerprint density at radius 3 is 2.17 bits per heavy atom. The Kier molecular flexibility index (Phi) is 3.18. The van der Waals surface area contributed by atoms with Crippen molar-refractivity contribution in [1.82, 2.24) is 0 Å². The van der Waals surface area contributed by atoms with Crippen LogP contribution in [-0.2, 0) is 0 Å². The summed E-state index contributed by atoms with van der Waals surface area (Å²) in [7, 11) is 0. The molecule has 4 nitrogen and oxygen atoms in total. The fraction of sp³-hybridized carbons (Fsp3) is 0. The molecule has 6 heteroatoms. The van der Waals surface area contributed by atoms with Crippen molar-refractivity contribution in [2.24, 2.45) is 0 Å². The normalized spacial score (nSPS) is 10.1. The maximum absolute atomic E-state index is 13.3. The van der Waals surface area contributed by atoms with Gasteiger partial charge in [-0.05, 0) is 30.3 Å². The van der Waals surface area contributed by atoms with E-state index < -0.39 is 22.2 Å². The quantitative estimate of drug-likeness (QED) is 0.617. The highest BCUT2D eigenvalue weighted by Crippen LogP contribution is 2.26. The summed E-state index contributed by atoms with van der Waals surface area (Å²) in [5.74, 6) is -0.994. The van der Waals surface area contributed by atoms with E-state index >= 15 is 0 Å². The van der Waals surface area contributed by atoms with Crippen molar-refractivity contribution in [3.05, 3.63) is 64.2 Å². The lowest BCUT2D eigenvalue weighted by molar-refractivity contribution is -0.387. The molecule has 0 atom stereocenters. The Labute approximate surface area is 101 Å². The lowest BCUT2D eigenvalue weighted by atomic mass is 10.3. The molecule has 0 unspecified atom stereocenters. The van der Waals surface area contributed by atoms with Crippen molar-refractivity contribution in [3.8, 4) is 11.5 Å². The van der Waals surface area contributed by atoms with E-state index in [1.54, 1.807) is 0 Å². The van der Waals surface area contributed by atoms with Crippen molar-refractivity contribution >= 4 is 5.69 Å². The van der Waals surface area contributed by atoms with Crippen molar-refractivity contribution in [2.45, 2.75) is 0 Å². The summed E-state index contributed by atoms with van der Waals surface area (Å²) < 4.78 is 31.1. The fourth-order valence-corrected chi connectivity index (χ4v) is 1.34. The van der Waals surface area contributed by atoms with Gasteiger partial charge in [-0.15, -0.1) is 0 Å². The molecule has 0 heterocycles. The molecule has 0 radical (unpaired) electrons. The largest absolute Gasteiger partial charge is 0.457 e. The Bertz CT molecular complexity index is 584. The summed E-state index contributed by atoms with van der Waals surface area (Å²) in [5.41, 5.74) is -0.624. The number of nitro groups is 1. The zero-order chi connectivity index (χ0) is 13.1. The predicted molar refractivity (Wildman–Crippen MR) is 59.5 cm³/mol. The molecule has 0 spiro atoms. The van der Waals surface area contributed by atoms with Crippen LogP contribution >= 0.6 is 0 Å². The number of nitrogens with zero attached hydrogens (tertiary/aromatic N) is 1. The molecule has 0 saturated heterocycles. The number of hydrogen-bond donors (Lipinski definition) is 0. The molecular formula is C12H7F2NO3. The molecule has 0 aliphatic carbocycles. The summed E-state index contributed by atoms with van der Waals surface area (Å²) >= 11 is 0. The molecular weight excluding hydrogens is 244 g/mol. The lowest BCUT2D eigenvalue weighted by Crippen LogP contribution is -1.93. The van der Waals surface area contributed by atoms with Crippen molar-refractivity contribution in [1.29, 1.82) is 0 Å². The number of rotatable bonds is 3. The van der Waals surface area contributed by atoms with Crippen LogP contribution in [0.3, 0.4) is 0 Å². The molecule has 0 N–H and O–H groups in total. The molecule has 0 amide bonds. The van der Waals surface area contributed by atoms with E-state index in [0.29, 0.717) is 5.75 Å². The van der Waals surface area contributed by atoms with Crippen LogP contribution in [0.4, 0.5) is 14.5 Å². The molecule has 0 aromatic heterocycles. The van der Waals surface area contributed by atoms with Gasteiger partial charge in [-0.1, -0.05) is 0 Å². The summed E-state index contributed by atoms with van der Waals surface area (Å²) in [4.78, 5) is 9.59. The molecule has 0 aliphatic heterocycles. The average molecular weight is 251 g/mol. The van der Waals surface area contributed by atoms with E-state index in [2.05, 4.69) is 0 Å². The van der Waals surface area contributed by atoms with Gasteiger partial charge in [-0.3, -0.25) is 10.1 Å². The number of hydrogen-bond acceptors (Lipinski definition) is 3. The highest BCUT2D eigenvalue weighted by Gasteiger charge is 2.14. The van der Waals surface area contributed by atoms with E-state index in [1.807, 2.05) is 0 Å². The van der Waals surface area contributed by atoms with Crippen LogP contribution in [0.25, 0.3) is 0 Å². The molecule has 0 saturated carbocycles. The smallest absolute Gasteiger partial charge is 0.305 e. The first kappa shape index (κ1) is 12.0.